The molecule has 110 valence electrons. The van der Waals surface area contributed by atoms with Gasteiger partial charge in [-0.25, -0.2) is 4.98 Å². The van der Waals surface area contributed by atoms with Gasteiger partial charge in [0.15, 0.2) is 11.7 Å². The zero-order chi connectivity index (χ0) is 15.4. The molecule has 0 fully saturated rings. The number of carbonyl (C=O) groups is 2. The van der Waals surface area contributed by atoms with Crippen LogP contribution in [0.2, 0.25) is 0 Å². The minimum atomic E-state index is -0.570. The van der Waals surface area contributed by atoms with Crippen molar-refractivity contribution in [3.8, 4) is 5.75 Å². The predicted octanol–water partition coefficient (Wildman–Crippen LogP) is 1.88. The van der Waals surface area contributed by atoms with Crippen LogP contribution in [0.1, 0.15) is 20.8 Å². The van der Waals surface area contributed by atoms with E-state index in [4.69, 9.17) is 10.5 Å². The Kier molecular flexibility index (Phi) is 4.54. The minimum absolute atomic E-state index is 0.131. The highest BCUT2D eigenvalue weighted by Crippen LogP contribution is 2.18. The number of hydrogen-bond acceptors (Lipinski definition) is 5. The topological polar surface area (TPSA) is 94.3 Å². The number of thiazole rings is 1. The van der Waals surface area contributed by atoms with Crippen LogP contribution >= 0.6 is 11.3 Å². The highest BCUT2D eigenvalue weighted by Gasteiger charge is 2.10. The summed E-state index contributed by atoms with van der Waals surface area (Å²) < 4.78 is 5.43. The van der Waals surface area contributed by atoms with Gasteiger partial charge in [-0.15, -0.1) is 0 Å². The first-order valence-corrected chi connectivity index (χ1v) is 7.02. The van der Waals surface area contributed by atoms with Crippen LogP contribution in [-0.2, 0) is 4.79 Å². The summed E-state index contributed by atoms with van der Waals surface area (Å²) in [5.74, 6) is -0.279. The van der Waals surface area contributed by atoms with E-state index in [0.717, 1.165) is 22.5 Å². The fourth-order valence-corrected chi connectivity index (χ4v) is 2.45. The second kappa shape index (κ2) is 6.36. The Bertz CT molecular complexity index is 662. The first-order valence-electron chi connectivity index (χ1n) is 6.20. The number of primary amides is 1. The van der Waals surface area contributed by atoms with Gasteiger partial charge in [0.1, 0.15) is 10.6 Å². The van der Waals surface area contributed by atoms with E-state index in [2.05, 4.69) is 10.3 Å². The number of carbonyl (C=O) groups excluding carboxylic acids is 2. The van der Waals surface area contributed by atoms with Gasteiger partial charge in [-0.2, -0.15) is 0 Å². The molecule has 0 spiro atoms. The van der Waals surface area contributed by atoms with Crippen LogP contribution < -0.4 is 15.8 Å². The fourth-order valence-electron chi connectivity index (χ4n) is 1.77. The van der Waals surface area contributed by atoms with Crippen molar-refractivity contribution in [2.24, 2.45) is 5.73 Å². The van der Waals surface area contributed by atoms with E-state index in [-0.39, 0.29) is 12.5 Å². The molecule has 0 aliphatic carbocycles. The van der Waals surface area contributed by atoms with E-state index in [0.29, 0.717) is 15.8 Å². The van der Waals surface area contributed by atoms with Crippen LogP contribution in [0.3, 0.4) is 0 Å². The van der Waals surface area contributed by atoms with Crippen molar-refractivity contribution in [1.82, 2.24) is 4.98 Å². The number of nitrogens with zero attached hydrogens (tertiary/aromatic N) is 1. The molecule has 3 N–H and O–H groups in total. The Labute approximate surface area is 125 Å². The molecule has 0 atom stereocenters. The molecule has 0 radical (unpaired) electrons. The van der Waals surface area contributed by atoms with Crippen LogP contribution in [0.5, 0.6) is 5.75 Å². The standard InChI is InChI=1S/C14H15N3O3S/c1-8-3-9(2)5-10(4-8)20-7-12(18)17-14-16-6-11(21-14)13(15)19/h3-6H,7H2,1-2H3,(H2,15,19)(H,16,17,18). The number of rotatable bonds is 5. The number of nitrogens with one attached hydrogen (secondary N) is 1. The number of aryl methyl sites for hydroxylation is 2. The van der Waals surface area contributed by atoms with Crippen LogP contribution in [0.25, 0.3) is 0 Å². The number of anilines is 1. The van der Waals surface area contributed by atoms with Gasteiger partial charge in [0, 0.05) is 0 Å². The normalized spacial score (nSPS) is 10.2. The van der Waals surface area contributed by atoms with Crippen molar-refractivity contribution in [3.05, 3.63) is 40.4 Å². The summed E-state index contributed by atoms with van der Waals surface area (Å²) in [6.45, 7) is 3.79. The molecular formula is C14H15N3O3S. The van der Waals surface area contributed by atoms with Crippen LogP contribution in [0.15, 0.2) is 24.4 Å². The average molecular weight is 305 g/mol. The summed E-state index contributed by atoms with van der Waals surface area (Å²) in [5, 5.41) is 2.87. The Morgan fingerprint density at radius 1 is 1.29 bits per heavy atom. The first kappa shape index (κ1) is 15.0. The molecule has 0 bridgehead atoms. The third-order valence-electron chi connectivity index (χ3n) is 2.56. The average Bonchev–Trinajstić information content (AvgIpc) is 2.84. The highest BCUT2D eigenvalue weighted by atomic mass is 32.1. The summed E-state index contributed by atoms with van der Waals surface area (Å²) >= 11 is 1.02. The van der Waals surface area contributed by atoms with Crippen molar-refractivity contribution in [1.29, 1.82) is 0 Å². The lowest BCUT2D eigenvalue weighted by Gasteiger charge is -2.07. The van der Waals surface area contributed by atoms with Crippen molar-refractivity contribution < 1.29 is 14.3 Å². The lowest BCUT2D eigenvalue weighted by atomic mass is 10.1. The van der Waals surface area contributed by atoms with Crippen molar-refractivity contribution in [2.45, 2.75) is 13.8 Å². The molecule has 1 heterocycles. The highest BCUT2D eigenvalue weighted by molar-refractivity contribution is 7.17. The predicted molar refractivity (Wildman–Crippen MR) is 80.7 cm³/mol. The maximum Gasteiger partial charge on any atom is 0.264 e. The van der Waals surface area contributed by atoms with Gasteiger partial charge in [0.2, 0.25) is 0 Å². The third-order valence-corrected chi connectivity index (χ3v) is 3.49. The zero-order valence-corrected chi connectivity index (χ0v) is 12.5. The lowest BCUT2D eigenvalue weighted by Crippen LogP contribution is -2.20. The Morgan fingerprint density at radius 2 is 1.95 bits per heavy atom. The minimum Gasteiger partial charge on any atom is -0.484 e. The number of aromatic nitrogens is 1. The second-order valence-corrected chi connectivity index (χ2v) is 5.58. The van der Waals surface area contributed by atoms with Crippen molar-refractivity contribution in [3.63, 3.8) is 0 Å². The van der Waals surface area contributed by atoms with Gasteiger partial charge in [-0.05, 0) is 37.1 Å². The molecule has 2 rings (SSSR count). The van der Waals surface area contributed by atoms with Crippen LogP contribution in [0.4, 0.5) is 5.13 Å². The molecule has 21 heavy (non-hydrogen) atoms. The van der Waals surface area contributed by atoms with Gasteiger partial charge >= 0.3 is 0 Å². The van der Waals surface area contributed by atoms with Crippen LogP contribution in [-0.4, -0.2) is 23.4 Å². The Morgan fingerprint density at radius 3 is 2.52 bits per heavy atom. The Balaban J connectivity index is 1.90. The number of nitrogens with two attached hydrogens (primary N) is 1. The lowest BCUT2D eigenvalue weighted by molar-refractivity contribution is -0.118. The van der Waals surface area contributed by atoms with Crippen molar-refractivity contribution in [2.75, 3.05) is 11.9 Å². The summed E-state index contributed by atoms with van der Waals surface area (Å²) in [5.41, 5.74) is 7.25. The van der Waals surface area contributed by atoms with E-state index >= 15 is 0 Å². The monoisotopic (exact) mass is 305 g/mol. The molecule has 0 aliphatic heterocycles. The molecule has 2 aromatic rings. The van der Waals surface area contributed by atoms with E-state index in [9.17, 15) is 9.59 Å². The van der Waals surface area contributed by atoms with E-state index in [1.807, 2.05) is 32.0 Å². The molecule has 1 aromatic heterocycles. The summed E-state index contributed by atoms with van der Waals surface area (Å²) in [4.78, 5) is 26.9. The second-order valence-electron chi connectivity index (χ2n) is 4.55. The fraction of sp³-hybridized carbons (Fsp3) is 0.214. The molecule has 0 unspecified atom stereocenters. The van der Waals surface area contributed by atoms with E-state index in [1.54, 1.807) is 0 Å². The number of amides is 2. The SMILES string of the molecule is Cc1cc(C)cc(OCC(=O)Nc2ncc(C(N)=O)s2)c1. The molecular weight excluding hydrogens is 290 g/mol. The van der Waals surface area contributed by atoms with Gasteiger partial charge in [-0.3, -0.25) is 14.9 Å². The molecule has 2 amide bonds. The summed E-state index contributed by atoms with van der Waals surface area (Å²) in [6, 6.07) is 5.73. The van der Waals surface area contributed by atoms with Gasteiger partial charge < -0.3 is 10.5 Å². The van der Waals surface area contributed by atoms with E-state index < -0.39 is 5.91 Å². The first-order chi connectivity index (χ1) is 9.94. The molecule has 0 saturated heterocycles. The molecule has 1 aromatic carbocycles. The third kappa shape index (κ3) is 4.28. The van der Waals surface area contributed by atoms with Gasteiger partial charge in [0.25, 0.3) is 11.8 Å². The number of hydrogen-bond donors (Lipinski definition) is 2. The van der Waals surface area contributed by atoms with Gasteiger partial charge in [0.05, 0.1) is 6.20 Å². The zero-order valence-electron chi connectivity index (χ0n) is 11.7. The maximum atomic E-state index is 11.7. The molecule has 0 aliphatic rings. The molecule has 7 heteroatoms. The van der Waals surface area contributed by atoms with Crippen LogP contribution in [0, 0.1) is 13.8 Å². The Hall–Kier alpha value is -2.41. The number of ether oxygens (including phenoxy) is 1. The molecule has 0 saturated carbocycles. The van der Waals surface area contributed by atoms with Gasteiger partial charge in [-0.1, -0.05) is 17.4 Å². The quantitative estimate of drug-likeness (QED) is 0.881. The maximum absolute atomic E-state index is 11.7. The largest absolute Gasteiger partial charge is 0.484 e. The number of benzene rings is 1. The molecule has 6 nitrogen and oxygen atoms in total. The van der Waals surface area contributed by atoms with Crippen molar-refractivity contribution >= 4 is 28.3 Å². The smallest absolute Gasteiger partial charge is 0.264 e. The summed E-state index contributed by atoms with van der Waals surface area (Å²) in [6.07, 6.45) is 1.33. The van der Waals surface area contributed by atoms with E-state index in [1.165, 1.54) is 6.20 Å². The summed E-state index contributed by atoms with van der Waals surface area (Å²) in [7, 11) is 0.